The molecule has 0 radical (unpaired) electrons. The highest BCUT2D eigenvalue weighted by Crippen LogP contribution is 2.29. The monoisotopic (exact) mass is 459 g/mol. The van der Waals surface area contributed by atoms with Crippen LogP contribution in [0.4, 0.5) is 23.7 Å². The molecule has 11 heteroatoms. The summed E-state index contributed by atoms with van der Waals surface area (Å²) in [4.78, 5) is 26.9. The maximum atomic E-state index is 12.7. The Morgan fingerprint density at radius 3 is 2.50 bits per heavy atom. The van der Waals surface area contributed by atoms with Gasteiger partial charge in [-0.25, -0.2) is 4.79 Å². The summed E-state index contributed by atoms with van der Waals surface area (Å²) in [5.74, 6) is -1.48. The standard InChI is InChI=1S/C21H28F3N3O5/c22-21(23,24)32-18-3-1-17(2-4-18)25-20(30)27-8-6-15(13-19(28)29)16(14-27)5-7-26-9-11-31-12-10-26/h1-4,15-16H,5-14H2,(H,25,30)(H,28,29)/t15-,16-/m0/s1. The summed E-state index contributed by atoms with van der Waals surface area (Å²) < 4.78 is 46.0. The van der Waals surface area contributed by atoms with Crippen LogP contribution in [0.1, 0.15) is 19.3 Å². The molecule has 0 aromatic heterocycles. The van der Waals surface area contributed by atoms with Crippen LogP contribution in [0.3, 0.4) is 0 Å². The number of carbonyl (C=O) groups excluding carboxylic acids is 2. The Morgan fingerprint density at radius 1 is 1.19 bits per heavy atom. The van der Waals surface area contributed by atoms with E-state index in [1.807, 2.05) is 0 Å². The number of amides is 2. The van der Waals surface area contributed by atoms with Crippen LogP contribution in [-0.4, -0.2) is 69.2 Å². The Bertz CT molecular complexity index is 769. The van der Waals surface area contributed by atoms with E-state index in [4.69, 9.17) is 4.74 Å². The van der Waals surface area contributed by atoms with Crippen molar-refractivity contribution in [3.63, 3.8) is 0 Å². The number of halogens is 3. The first-order chi connectivity index (χ1) is 15.2. The SMILES string of the molecule is O=C([O-])C[C@@H]1CCN(C(=O)Nc2ccc(OC(F)(F)F)cc2)C[C@@H]1CC[NH+]1CCOCC1. The minimum absolute atomic E-state index is 0.0285. The molecule has 1 aromatic rings. The molecule has 32 heavy (non-hydrogen) atoms. The van der Waals surface area contributed by atoms with Gasteiger partial charge in [0.2, 0.25) is 0 Å². The Morgan fingerprint density at radius 2 is 1.88 bits per heavy atom. The third-order valence-corrected chi connectivity index (χ3v) is 6.02. The van der Waals surface area contributed by atoms with Gasteiger partial charge in [-0.05, 0) is 48.9 Å². The van der Waals surface area contributed by atoms with E-state index in [0.29, 0.717) is 38.4 Å². The molecular formula is C21H28F3N3O5. The summed E-state index contributed by atoms with van der Waals surface area (Å²) >= 11 is 0. The predicted octanol–water partition coefficient (Wildman–Crippen LogP) is 0.500. The van der Waals surface area contributed by atoms with Gasteiger partial charge in [-0.2, -0.15) is 0 Å². The second-order valence-corrected chi connectivity index (χ2v) is 8.23. The lowest BCUT2D eigenvalue weighted by molar-refractivity contribution is -0.908. The molecule has 0 saturated carbocycles. The summed E-state index contributed by atoms with van der Waals surface area (Å²) in [5.41, 5.74) is 0.343. The number of carboxylic acid groups (broad SMARTS) is 1. The predicted molar refractivity (Wildman–Crippen MR) is 106 cm³/mol. The molecule has 2 atom stereocenters. The largest absolute Gasteiger partial charge is 0.573 e. The molecule has 8 nitrogen and oxygen atoms in total. The Hall–Kier alpha value is -2.53. The van der Waals surface area contributed by atoms with Crippen molar-refractivity contribution in [2.45, 2.75) is 25.6 Å². The second kappa shape index (κ2) is 10.9. The van der Waals surface area contributed by atoms with Crippen molar-refractivity contribution in [2.75, 3.05) is 51.3 Å². The van der Waals surface area contributed by atoms with E-state index < -0.39 is 12.3 Å². The normalized spacial score (nSPS) is 22.4. The molecule has 0 spiro atoms. The molecule has 2 saturated heterocycles. The zero-order chi connectivity index (χ0) is 23.1. The molecule has 0 bridgehead atoms. The van der Waals surface area contributed by atoms with Crippen LogP contribution in [0.15, 0.2) is 24.3 Å². The third kappa shape index (κ3) is 7.56. The number of carbonyl (C=O) groups is 2. The number of hydrogen-bond acceptors (Lipinski definition) is 5. The van der Waals surface area contributed by atoms with Crippen LogP contribution in [0.5, 0.6) is 5.75 Å². The smallest absolute Gasteiger partial charge is 0.550 e. The van der Waals surface area contributed by atoms with Crippen molar-refractivity contribution >= 4 is 17.7 Å². The number of quaternary nitrogens is 1. The number of morpholine rings is 1. The number of rotatable bonds is 7. The van der Waals surface area contributed by atoms with E-state index in [9.17, 15) is 27.9 Å². The van der Waals surface area contributed by atoms with Gasteiger partial charge in [0.25, 0.3) is 0 Å². The minimum atomic E-state index is -4.78. The van der Waals surface area contributed by atoms with E-state index in [0.717, 1.165) is 38.2 Å². The Kier molecular flexibility index (Phi) is 8.19. The molecule has 178 valence electrons. The van der Waals surface area contributed by atoms with Crippen molar-refractivity contribution in [1.29, 1.82) is 0 Å². The maximum absolute atomic E-state index is 12.7. The molecule has 2 N–H and O–H groups in total. The number of aliphatic carboxylic acids is 1. The van der Waals surface area contributed by atoms with Crippen LogP contribution in [-0.2, 0) is 9.53 Å². The first-order valence-corrected chi connectivity index (χ1v) is 10.7. The quantitative estimate of drug-likeness (QED) is 0.619. The van der Waals surface area contributed by atoms with Crippen LogP contribution in [0.25, 0.3) is 0 Å². The van der Waals surface area contributed by atoms with Crippen molar-refractivity contribution in [3.8, 4) is 5.75 Å². The lowest BCUT2D eigenvalue weighted by atomic mass is 9.81. The molecule has 0 unspecified atom stereocenters. The molecule has 2 aliphatic heterocycles. The van der Waals surface area contributed by atoms with Crippen LogP contribution in [0.2, 0.25) is 0 Å². The highest BCUT2D eigenvalue weighted by atomic mass is 19.4. The number of urea groups is 1. The van der Waals surface area contributed by atoms with Gasteiger partial charge in [-0.15, -0.1) is 13.2 Å². The summed E-state index contributed by atoms with van der Waals surface area (Å²) in [6.07, 6.45) is -3.46. The maximum Gasteiger partial charge on any atom is 0.573 e. The van der Waals surface area contributed by atoms with E-state index in [1.165, 1.54) is 17.0 Å². The summed E-state index contributed by atoms with van der Waals surface area (Å²) in [7, 11) is 0. The number of carboxylic acids is 1. The molecule has 1 aromatic carbocycles. The molecule has 2 fully saturated rings. The lowest BCUT2D eigenvalue weighted by Crippen LogP contribution is -3.14. The Labute approximate surface area is 184 Å². The summed E-state index contributed by atoms with van der Waals surface area (Å²) in [6, 6.07) is 4.55. The molecule has 3 rings (SSSR count). The zero-order valence-corrected chi connectivity index (χ0v) is 17.7. The molecule has 0 aliphatic carbocycles. The average molecular weight is 459 g/mol. The van der Waals surface area contributed by atoms with E-state index in [1.54, 1.807) is 4.90 Å². The fourth-order valence-electron chi connectivity index (χ4n) is 4.32. The minimum Gasteiger partial charge on any atom is -0.550 e. The molecule has 2 amide bonds. The number of nitrogens with one attached hydrogen (secondary N) is 2. The number of alkyl halides is 3. The first-order valence-electron chi connectivity index (χ1n) is 10.7. The zero-order valence-electron chi connectivity index (χ0n) is 17.7. The fraction of sp³-hybridized carbons (Fsp3) is 0.619. The number of anilines is 1. The fourth-order valence-corrected chi connectivity index (χ4v) is 4.32. The third-order valence-electron chi connectivity index (χ3n) is 6.02. The molecule has 2 heterocycles. The first kappa shape index (κ1) is 24.1. The topological polar surface area (TPSA) is 95.4 Å². The Balaban J connectivity index is 1.56. The number of nitrogens with zero attached hydrogens (tertiary/aromatic N) is 1. The van der Waals surface area contributed by atoms with Gasteiger partial charge in [0.15, 0.2) is 0 Å². The van der Waals surface area contributed by atoms with Crippen LogP contribution >= 0.6 is 0 Å². The van der Waals surface area contributed by atoms with Gasteiger partial charge in [-0.3, -0.25) is 0 Å². The van der Waals surface area contributed by atoms with E-state index in [2.05, 4.69) is 10.1 Å². The van der Waals surface area contributed by atoms with E-state index >= 15 is 0 Å². The molecular weight excluding hydrogens is 431 g/mol. The molecule has 2 aliphatic rings. The number of benzene rings is 1. The van der Waals surface area contributed by atoms with Crippen molar-refractivity contribution in [3.05, 3.63) is 24.3 Å². The van der Waals surface area contributed by atoms with Crippen molar-refractivity contribution < 1.29 is 42.2 Å². The average Bonchev–Trinajstić information content (AvgIpc) is 2.73. The van der Waals surface area contributed by atoms with Gasteiger partial charge in [0.05, 0.1) is 19.8 Å². The number of hydrogen-bond donors (Lipinski definition) is 2. The van der Waals surface area contributed by atoms with Gasteiger partial charge < -0.3 is 34.5 Å². The number of piperidine rings is 1. The van der Waals surface area contributed by atoms with Crippen LogP contribution in [0, 0.1) is 11.8 Å². The van der Waals surface area contributed by atoms with Gasteiger partial charge >= 0.3 is 12.4 Å². The highest BCUT2D eigenvalue weighted by molar-refractivity contribution is 5.89. The second-order valence-electron chi connectivity index (χ2n) is 8.23. The van der Waals surface area contributed by atoms with Crippen molar-refractivity contribution in [2.24, 2.45) is 11.8 Å². The lowest BCUT2D eigenvalue weighted by Gasteiger charge is -2.39. The van der Waals surface area contributed by atoms with Gasteiger partial charge in [-0.1, -0.05) is 0 Å². The van der Waals surface area contributed by atoms with Gasteiger partial charge in [0, 0.05) is 31.2 Å². The number of likely N-dealkylation sites (tertiary alicyclic amines) is 1. The van der Waals surface area contributed by atoms with E-state index in [-0.39, 0.29) is 30.0 Å². The highest BCUT2D eigenvalue weighted by Gasteiger charge is 2.33. The summed E-state index contributed by atoms with van der Waals surface area (Å²) in [6.45, 7) is 4.95. The number of ether oxygens (including phenoxy) is 2. The van der Waals surface area contributed by atoms with Crippen LogP contribution < -0.4 is 20.1 Å². The van der Waals surface area contributed by atoms with Crippen molar-refractivity contribution in [1.82, 2.24) is 4.90 Å². The van der Waals surface area contributed by atoms with Gasteiger partial charge in [0.1, 0.15) is 18.8 Å². The summed E-state index contributed by atoms with van der Waals surface area (Å²) in [5, 5.41) is 13.9.